The maximum absolute atomic E-state index is 12.1. The van der Waals surface area contributed by atoms with Gasteiger partial charge in [0.05, 0.1) is 23.1 Å². The van der Waals surface area contributed by atoms with Gasteiger partial charge in [0, 0.05) is 43.8 Å². The van der Waals surface area contributed by atoms with E-state index >= 15 is 0 Å². The van der Waals surface area contributed by atoms with Crippen molar-refractivity contribution in [2.45, 2.75) is 78.3 Å². The number of pyridine rings is 2. The number of carbonyl (C=O) groups is 2. The van der Waals surface area contributed by atoms with Gasteiger partial charge in [-0.25, -0.2) is 15.0 Å². The fourth-order valence-corrected chi connectivity index (χ4v) is 5.12. The molecule has 262 valence electrons. The van der Waals surface area contributed by atoms with E-state index in [0.717, 1.165) is 29.7 Å². The molecule has 2 saturated heterocycles. The number of rotatable bonds is 5. The molecular weight excluding hydrogens is 698 g/mol. The quantitative estimate of drug-likeness (QED) is 0.268. The van der Waals surface area contributed by atoms with Gasteiger partial charge in [0.25, 0.3) is 5.91 Å². The van der Waals surface area contributed by atoms with Crippen LogP contribution in [0.5, 0.6) is 0 Å². The lowest BCUT2D eigenvalue weighted by molar-refractivity contribution is -0.123. The van der Waals surface area contributed by atoms with Crippen LogP contribution in [0.25, 0.3) is 0 Å². The maximum Gasteiger partial charge on any atom is 0.534 e. The van der Waals surface area contributed by atoms with E-state index in [1.807, 2.05) is 58.8 Å². The topological polar surface area (TPSA) is 135 Å². The lowest BCUT2D eigenvalue weighted by Crippen LogP contribution is -2.41. The van der Waals surface area contributed by atoms with Gasteiger partial charge in [0.1, 0.15) is 18.1 Å². The van der Waals surface area contributed by atoms with Crippen molar-refractivity contribution in [3.8, 4) is 0 Å². The third-order valence-electron chi connectivity index (χ3n) is 7.98. The highest BCUT2D eigenvalue weighted by molar-refractivity contribution is 9.10. The van der Waals surface area contributed by atoms with Crippen LogP contribution in [-0.4, -0.2) is 84.5 Å². The van der Waals surface area contributed by atoms with Gasteiger partial charge in [0.15, 0.2) is 17.4 Å². The number of carbonyl (C=O) groups excluding carboxylic acids is 2. The van der Waals surface area contributed by atoms with E-state index in [9.17, 15) is 22.8 Å². The van der Waals surface area contributed by atoms with Crippen molar-refractivity contribution in [1.82, 2.24) is 20.3 Å². The molecular formula is C31H42BBrF3N7O5. The molecule has 1 unspecified atom stereocenters. The second kappa shape index (κ2) is 16.1. The average molecular weight is 740 g/mol. The Morgan fingerprint density at radius 2 is 1.81 bits per heavy atom. The number of halogens is 4. The van der Waals surface area contributed by atoms with E-state index in [0.29, 0.717) is 35.6 Å². The van der Waals surface area contributed by atoms with Gasteiger partial charge in [0.2, 0.25) is 6.41 Å². The van der Waals surface area contributed by atoms with Crippen molar-refractivity contribution >= 4 is 58.3 Å². The number of likely N-dealkylation sites (N-methyl/N-ethyl adjacent to an activating group) is 1. The minimum Gasteiger partial charge on any atom is -0.450 e. The van der Waals surface area contributed by atoms with Crippen LogP contribution in [0.3, 0.4) is 0 Å². The van der Waals surface area contributed by atoms with Gasteiger partial charge in [-0.05, 0) is 58.4 Å². The molecule has 0 aromatic carbocycles. The standard InChI is InChI=1S/C13H15F3N4O.C10H16BNO3.C6H5BrN2O.C2H6/c1-19-8-4-5-20(6-8)10-3-2-9(18-11(10)19)12(21)17-7-13(14,15)16;1-7-12-6-8(13-7)11-14-9(2,3)10(4,5)15-11;7-5-1-2-8-6(3-5)9-4-10;1-2/h2-3,8H,4-7H2,1H3,(H,17,21);6H,1-5H3;1-4H,(H,8,9,10);1-2H3. The number of amides is 2. The van der Waals surface area contributed by atoms with Crippen LogP contribution in [0.2, 0.25) is 0 Å². The molecule has 0 radical (unpaired) electrons. The van der Waals surface area contributed by atoms with Gasteiger partial charge >= 0.3 is 13.3 Å². The van der Waals surface area contributed by atoms with Gasteiger partial charge in [-0.15, -0.1) is 0 Å². The number of oxazole rings is 1. The Bertz CT molecular complexity index is 1530. The van der Waals surface area contributed by atoms with E-state index in [4.69, 9.17) is 13.7 Å². The number of fused-ring (bicyclic) bond motifs is 4. The first-order valence-corrected chi connectivity index (χ1v) is 16.2. The fraction of sp³-hybridized carbons (Fsp3) is 0.516. The predicted molar refractivity (Wildman–Crippen MR) is 182 cm³/mol. The lowest BCUT2D eigenvalue weighted by Gasteiger charge is -2.34. The highest BCUT2D eigenvalue weighted by Gasteiger charge is 2.53. The van der Waals surface area contributed by atoms with E-state index < -0.39 is 25.7 Å². The first kappa shape index (κ1) is 38.8. The Morgan fingerprint density at radius 1 is 1.15 bits per heavy atom. The number of nitrogens with one attached hydrogen (secondary N) is 2. The average Bonchev–Trinajstić information content (AvgIpc) is 3.72. The van der Waals surface area contributed by atoms with Crippen molar-refractivity contribution in [3.63, 3.8) is 0 Å². The molecule has 2 N–H and O–H groups in total. The summed E-state index contributed by atoms with van der Waals surface area (Å²) >= 11 is 3.24. The monoisotopic (exact) mass is 739 g/mol. The minimum absolute atomic E-state index is 0.00681. The second-order valence-corrected chi connectivity index (χ2v) is 12.7. The van der Waals surface area contributed by atoms with Crippen LogP contribution >= 0.6 is 15.9 Å². The van der Waals surface area contributed by atoms with E-state index in [1.54, 1.807) is 37.5 Å². The first-order chi connectivity index (χ1) is 22.5. The zero-order valence-electron chi connectivity index (χ0n) is 28.3. The van der Waals surface area contributed by atoms with Crippen molar-refractivity contribution in [2.24, 2.45) is 0 Å². The molecule has 3 aliphatic rings. The molecule has 6 heterocycles. The maximum atomic E-state index is 12.1. The zero-order valence-corrected chi connectivity index (χ0v) is 29.9. The Labute approximate surface area is 287 Å². The van der Waals surface area contributed by atoms with Crippen LogP contribution in [0.15, 0.2) is 45.5 Å². The molecule has 2 fully saturated rings. The molecule has 3 aromatic rings. The molecule has 2 bridgehead atoms. The summed E-state index contributed by atoms with van der Waals surface area (Å²) in [5.41, 5.74) is 0.897. The van der Waals surface area contributed by atoms with E-state index in [1.165, 1.54) is 6.07 Å². The predicted octanol–water partition coefficient (Wildman–Crippen LogP) is 5.12. The zero-order chi connectivity index (χ0) is 35.9. The smallest absolute Gasteiger partial charge is 0.450 e. The summed E-state index contributed by atoms with van der Waals surface area (Å²) in [6.07, 6.45) is 0.441. The highest BCUT2D eigenvalue weighted by Crippen LogP contribution is 2.38. The number of hydrogen-bond donors (Lipinski definition) is 2. The molecule has 0 saturated carbocycles. The number of nitrogens with zero attached hydrogens (tertiary/aromatic N) is 5. The summed E-state index contributed by atoms with van der Waals surface area (Å²) in [5, 5.41) is 4.27. The summed E-state index contributed by atoms with van der Waals surface area (Å²) < 4.78 is 54.3. The summed E-state index contributed by atoms with van der Waals surface area (Å²) in [6.45, 7) is 14.3. The third kappa shape index (κ3) is 9.92. The van der Waals surface area contributed by atoms with Crippen LogP contribution in [0.1, 0.15) is 64.3 Å². The number of aromatic nitrogens is 3. The fourth-order valence-electron chi connectivity index (χ4n) is 4.78. The molecule has 0 spiro atoms. The molecule has 17 heteroatoms. The minimum atomic E-state index is -4.43. The van der Waals surface area contributed by atoms with Gasteiger partial charge in [-0.2, -0.15) is 13.2 Å². The van der Waals surface area contributed by atoms with Gasteiger partial charge in [-0.3, -0.25) is 9.59 Å². The molecule has 3 aliphatic heterocycles. The molecule has 2 amide bonds. The van der Waals surface area contributed by atoms with Crippen molar-refractivity contribution < 1.29 is 36.5 Å². The lowest BCUT2D eigenvalue weighted by atomic mass is 9.87. The molecule has 48 heavy (non-hydrogen) atoms. The summed E-state index contributed by atoms with van der Waals surface area (Å²) in [6, 6.07) is 7.07. The number of anilines is 3. The Hall–Kier alpha value is -3.70. The Balaban J connectivity index is 0.000000203. The first-order valence-electron chi connectivity index (χ1n) is 15.4. The number of alkyl halides is 3. The van der Waals surface area contributed by atoms with Crippen LogP contribution in [0.4, 0.5) is 30.5 Å². The van der Waals surface area contributed by atoms with Crippen molar-refractivity contribution in [2.75, 3.05) is 41.8 Å². The van der Waals surface area contributed by atoms with E-state index in [2.05, 4.69) is 41.1 Å². The highest BCUT2D eigenvalue weighted by atomic mass is 79.9. The molecule has 3 aromatic heterocycles. The summed E-state index contributed by atoms with van der Waals surface area (Å²) in [7, 11) is 1.45. The Kier molecular flexibility index (Phi) is 13.0. The number of hydrogen-bond acceptors (Lipinski definition) is 10. The van der Waals surface area contributed by atoms with Crippen LogP contribution in [0, 0.1) is 6.92 Å². The van der Waals surface area contributed by atoms with E-state index in [-0.39, 0.29) is 16.9 Å². The molecule has 12 nitrogen and oxygen atoms in total. The van der Waals surface area contributed by atoms with Gasteiger partial charge in [-0.1, -0.05) is 29.8 Å². The molecule has 0 aliphatic carbocycles. The summed E-state index contributed by atoms with van der Waals surface area (Å²) in [4.78, 5) is 38.0. The van der Waals surface area contributed by atoms with Crippen molar-refractivity contribution in [1.29, 1.82) is 0 Å². The van der Waals surface area contributed by atoms with Crippen LogP contribution in [-0.2, 0) is 14.1 Å². The molecule has 1 atom stereocenters. The Morgan fingerprint density at radius 3 is 2.38 bits per heavy atom. The normalized spacial score (nSPS) is 18.2. The van der Waals surface area contributed by atoms with Crippen LogP contribution < -0.4 is 26.1 Å². The third-order valence-corrected chi connectivity index (χ3v) is 8.47. The SMILES string of the molecule is CC.CN1c2nc(C(=O)NCC(F)(F)F)ccc2N2CCC1C2.Cc1ncc(B2OC(C)(C)C(C)(C)O2)o1.O=CNc1cc(Br)ccn1. The number of aryl methyl sites for hydroxylation is 1. The molecule has 6 rings (SSSR count). The van der Waals surface area contributed by atoms with Crippen molar-refractivity contribution in [3.05, 3.63) is 52.7 Å². The summed E-state index contributed by atoms with van der Waals surface area (Å²) in [5.74, 6) is 1.02. The second-order valence-electron chi connectivity index (χ2n) is 11.8. The van der Waals surface area contributed by atoms with Gasteiger partial charge < -0.3 is 34.2 Å². The largest absolute Gasteiger partial charge is 0.534 e.